The van der Waals surface area contributed by atoms with Gasteiger partial charge in [-0.2, -0.15) is 4.31 Å². The maximum atomic E-state index is 13.7. The zero-order chi connectivity index (χ0) is 23.8. The standard InChI is InChI=1S/C26H32N2O4S/c1-18-7-5-8-19-15-20(25(29)27-24(18)19)16-28(17-22-9-6-14-32-22)33(30,31)23-12-10-21(11-13-23)26(2,3)4/h5,7-8,10-13,15,22H,6,9,14,16-17H2,1-4H3,(H,27,29)/t22-/m1/s1. The van der Waals surface area contributed by atoms with Gasteiger partial charge in [0, 0.05) is 25.3 Å². The van der Waals surface area contributed by atoms with Crippen LogP contribution in [-0.4, -0.2) is 37.0 Å². The molecule has 1 aromatic heterocycles. The fraction of sp³-hybridized carbons (Fsp3) is 0.423. The highest BCUT2D eigenvalue weighted by molar-refractivity contribution is 7.89. The second-order valence-corrected chi connectivity index (χ2v) is 11.8. The molecule has 3 aromatic rings. The number of aromatic amines is 1. The summed E-state index contributed by atoms with van der Waals surface area (Å²) in [6.07, 6.45) is 1.55. The molecule has 0 bridgehead atoms. The predicted octanol–water partition coefficient (Wildman–Crippen LogP) is 4.50. The summed E-state index contributed by atoms with van der Waals surface area (Å²) in [6.45, 7) is 9.05. The number of fused-ring (bicyclic) bond motifs is 1. The Morgan fingerprint density at radius 2 is 1.85 bits per heavy atom. The molecule has 4 rings (SSSR count). The molecule has 1 N–H and O–H groups in total. The van der Waals surface area contributed by atoms with Gasteiger partial charge in [0.15, 0.2) is 0 Å². The molecular formula is C26H32N2O4S. The maximum absolute atomic E-state index is 13.7. The fourth-order valence-corrected chi connectivity index (χ4v) is 5.72. The summed E-state index contributed by atoms with van der Waals surface area (Å²) in [5.41, 5.74) is 2.88. The van der Waals surface area contributed by atoms with Crippen molar-refractivity contribution in [2.75, 3.05) is 13.2 Å². The van der Waals surface area contributed by atoms with Crippen molar-refractivity contribution in [3.8, 4) is 0 Å². The molecule has 0 spiro atoms. The maximum Gasteiger partial charge on any atom is 0.252 e. The van der Waals surface area contributed by atoms with Gasteiger partial charge in [-0.1, -0.05) is 51.1 Å². The van der Waals surface area contributed by atoms with Crippen molar-refractivity contribution >= 4 is 20.9 Å². The topological polar surface area (TPSA) is 79.5 Å². The van der Waals surface area contributed by atoms with Crippen LogP contribution in [0.2, 0.25) is 0 Å². The van der Waals surface area contributed by atoms with Crippen LogP contribution in [0, 0.1) is 6.92 Å². The molecule has 1 saturated heterocycles. The fourth-order valence-electron chi connectivity index (χ4n) is 4.28. The Balaban J connectivity index is 1.71. The summed E-state index contributed by atoms with van der Waals surface area (Å²) in [4.78, 5) is 16.0. The Morgan fingerprint density at radius 3 is 2.48 bits per heavy atom. The molecule has 1 aliphatic heterocycles. The van der Waals surface area contributed by atoms with Gasteiger partial charge in [-0.25, -0.2) is 8.42 Å². The summed E-state index contributed by atoms with van der Waals surface area (Å²) in [6, 6.07) is 14.6. The molecule has 7 heteroatoms. The normalized spacial score (nSPS) is 17.2. The third-order valence-corrected chi connectivity index (χ3v) is 8.13. The van der Waals surface area contributed by atoms with Crippen LogP contribution in [0.25, 0.3) is 10.9 Å². The number of para-hydroxylation sites is 1. The van der Waals surface area contributed by atoms with Gasteiger partial charge in [0.2, 0.25) is 10.0 Å². The lowest BCUT2D eigenvalue weighted by Gasteiger charge is -2.25. The smallest absolute Gasteiger partial charge is 0.252 e. The third kappa shape index (κ3) is 5.05. The number of nitrogens with zero attached hydrogens (tertiary/aromatic N) is 1. The van der Waals surface area contributed by atoms with E-state index in [1.807, 2.05) is 37.3 Å². The van der Waals surface area contributed by atoms with Crippen molar-refractivity contribution < 1.29 is 13.2 Å². The van der Waals surface area contributed by atoms with Crippen LogP contribution >= 0.6 is 0 Å². The number of ether oxygens (including phenoxy) is 1. The molecule has 1 fully saturated rings. The molecule has 2 heterocycles. The van der Waals surface area contributed by atoms with Gasteiger partial charge in [0.25, 0.3) is 5.56 Å². The number of pyridine rings is 1. The zero-order valence-corrected chi connectivity index (χ0v) is 20.5. The van der Waals surface area contributed by atoms with E-state index in [0.29, 0.717) is 12.2 Å². The zero-order valence-electron chi connectivity index (χ0n) is 19.7. The van der Waals surface area contributed by atoms with Crippen molar-refractivity contribution in [2.24, 2.45) is 0 Å². The monoisotopic (exact) mass is 468 g/mol. The first kappa shape index (κ1) is 23.7. The molecule has 1 atom stereocenters. The van der Waals surface area contributed by atoms with Crippen molar-refractivity contribution in [2.45, 2.75) is 63.5 Å². The van der Waals surface area contributed by atoms with Gasteiger partial charge in [0.1, 0.15) is 0 Å². The predicted molar refractivity (Wildman–Crippen MR) is 131 cm³/mol. The van der Waals surface area contributed by atoms with Crippen LogP contribution in [0.15, 0.2) is 58.2 Å². The number of aromatic nitrogens is 1. The Hall–Kier alpha value is -2.48. The second kappa shape index (κ2) is 9.05. The Bertz CT molecular complexity index is 1300. The lowest BCUT2D eigenvalue weighted by molar-refractivity contribution is 0.0925. The summed E-state index contributed by atoms with van der Waals surface area (Å²) in [5.74, 6) is 0. The first-order valence-corrected chi connectivity index (χ1v) is 12.8. The average Bonchev–Trinajstić information content (AvgIpc) is 3.27. The minimum absolute atomic E-state index is 0.0115. The molecule has 2 aromatic carbocycles. The molecule has 0 unspecified atom stereocenters. The molecule has 0 saturated carbocycles. The molecule has 176 valence electrons. The molecule has 1 aliphatic rings. The van der Waals surface area contributed by atoms with E-state index in [1.54, 1.807) is 18.2 Å². The number of hydrogen-bond acceptors (Lipinski definition) is 4. The number of rotatable bonds is 6. The highest BCUT2D eigenvalue weighted by Crippen LogP contribution is 2.26. The van der Waals surface area contributed by atoms with E-state index in [0.717, 1.165) is 34.9 Å². The van der Waals surface area contributed by atoms with Gasteiger partial charge in [-0.05, 0) is 59.9 Å². The van der Waals surface area contributed by atoms with Crippen LogP contribution in [0.1, 0.15) is 50.3 Å². The number of benzene rings is 2. The Morgan fingerprint density at radius 1 is 1.12 bits per heavy atom. The molecule has 33 heavy (non-hydrogen) atoms. The number of aryl methyl sites for hydroxylation is 1. The summed E-state index contributed by atoms with van der Waals surface area (Å²) >= 11 is 0. The van der Waals surface area contributed by atoms with Gasteiger partial charge in [0.05, 0.1) is 16.5 Å². The van der Waals surface area contributed by atoms with E-state index < -0.39 is 10.0 Å². The first-order valence-electron chi connectivity index (χ1n) is 11.4. The Labute approximate surface area is 195 Å². The van der Waals surface area contributed by atoms with E-state index >= 15 is 0 Å². The van der Waals surface area contributed by atoms with Crippen LogP contribution in [0.4, 0.5) is 0 Å². The number of sulfonamides is 1. The van der Waals surface area contributed by atoms with Crippen molar-refractivity contribution in [1.82, 2.24) is 9.29 Å². The minimum Gasteiger partial charge on any atom is -0.377 e. The van der Waals surface area contributed by atoms with Gasteiger partial charge in [-0.3, -0.25) is 4.79 Å². The van der Waals surface area contributed by atoms with Gasteiger partial charge in [-0.15, -0.1) is 0 Å². The van der Waals surface area contributed by atoms with Crippen molar-refractivity contribution in [1.29, 1.82) is 0 Å². The average molecular weight is 469 g/mol. The highest BCUT2D eigenvalue weighted by Gasteiger charge is 2.30. The van der Waals surface area contributed by atoms with E-state index in [9.17, 15) is 13.2 Å². The third-order valence-electron chi connectivity index (χ3n) is 6.30. The molecular weight excluding hydrogens is 436 g/mol. The summed E-state index contributed by atoms with van der Waals surface area (Å²) < 4.78 is 34.5. The SMILES string of the molecule is Cc1cccc2cc(CN(C[C@H]3CCCO3)S(=O)(=O)c3ccc(C(C)(C)C)cc3)c(=O)[nH]c12. The number of hydrogen-bond donors (Lipinski definition) is 1. The van der Waals surface area contributed by atoms with E-state index in [4.69, 9.17) is 4.74 Å². The van der Waals surface area contributed by atoms with Crippen LogP contribution in [0.5, 0.6) is 0 Å². The summed E-state index contributed by atoms with van der Waals surface area (Å²) in [7, 11) is -3.83. The van der Waals surface area contributed by atoms with Crippen molar-refractivity contribution in [3.63, 3.8) is 0 Å². The van der Waals surface area contributed by atoms with E-state index in [-0.39, 0.29) is 35.1 Å². The van der Waals surface area contributed by atoms with E-state index in [1.165, 1.54) is 4.31 Å². The number of H-pyrrole nitrogens is 1. The first-order chi connectivity index (χ1) is 15.6. The number of nitrogens with one attached hydrogen (secondary N) is 1. The minimum atomic E-state index is -3.83. The largest absolute Gasteiger partial charge is 0.377 e. The lowest BCUT2D eigenvalue weighted by atomic mass is 9.87. The Kier molecular flexibility index (Phi) is 6.49. The lowest BCUT2D eigenvalue weighted by Crippen LogP contribution is -2.38. The van der Waals surface area contributed by atoms with Crippen molar-refractivity contribution in [3.05, 3.63) is 75.6 Å². The van der Waals surface area contributed by atoms with E-state index in [2.05, 4.69) is 25.8 Å². The van der Waals surface area contributed by atoms with Crippen LogP contribution in [-0.2, 0) is 26.7 Å². The second-order valence-electron chi connectivity index (χ2n) is 9.87. The summed E-state index contributed by atoms with van der Waals surface area (Å²) in [5, 5.41) is 0.883. The molecule has 0 amide bonds. The molecule has 0 radical (unpaired) electrons. The van der Waals surface area contributed by atoms with Crippen LogP contribution in [0.3, 0.4) is 0 Å². The highest BCUT2D eigenvalue weighted by atomic mass is 32.2. The molecule has 6 nitrogen and oxygen atoms in total. The quantitative estimate of drug-likeness (QED) is 0.578. The van der Waals surface area contributed by atoms with Crippen LogP contribution < -0.4 is 5.56 Å². The van der Waals surface area contributed by atoms with Gasteiger partial charge < -0.3 is 9.72 Å². The molecule has 0 aliphatic carbocycles. The van der Waals surface area contributed by atoms with Gasteiger partial charge >= 0.3 is 0 Å².